The van der Waals surface area contributed by atoms with E-state index >= 15 is 0 Å². The van der Waals surface area contributed by atoms with E-state index in [-0.39, 0.29) is 0 Å². The molecule has 0 spiro atoms. The average molecular weight is 235 g/mol. The Bertz CT molecular complexity index is 502. The lowest BCUT2D eigenvalue weighted by molar-refractivity contribution is 0.623. The van der Waals surface area contributed by atoms with Crippen LogP contribution in [0.15, 0.2) is 6.07 Å². The topological polar surface area (TPSA) is 37.8 Å². The molecule has 2 aromatic rings. The second-order valence-corrected chi connectivity index (χ2v) is 5.65. The predicted octanol–water partition coefficient (Wildman–Crippen LogP) is 3.24. The summed E-state index contributed by atoms with van der Waals surface area (Å²) in [5, 5.41) is 4.29. The fourth-order valence-electron chi connectivity index (χ4n) is 1.73. The van der Waals surface area contributed by atoms with E-state index in [1.807, 2.05) is 7.05 Å². The Balaban J connectivity index is 2.53. The van der Waals surface area contributed by atoms with E-state index in [4.69, 9.17) is 0 Å². The van der Waals surface area contributed by atoms with E-state index < -0.39 is 0 Å². The van der Waals surface area contributed by atoms with Gasteiger partial charge in [0.1, 0.15) is 16.5 Å². The van der Waals surface area contributed by atoms with Crippen LogP contribution >= 0.6 is 11.3 Å². The molecule has 3 nitrogen and oxygen atoms in total. The Morgan fingerprint density at radius 3 is 2.75 bits per heavy atom. The zero-order valence-corrected chi connectivity index (χ0v) is 11.0. The summed E-state index contributed by atoms with van der Waals surface area (Å²) >= 11 is 1.73. The van der Waals surface area contributed by atoms with Gasteiger partial charge in [0.25, 0.3) is 0 Å². The molecule has 0 aliphatic heterocycles. The first-order valence-corrected chi connectivity index (χ1v) is 6.36. The fraction of sp³-hybridized carbons (Fsp3) is 0.500. The van der Waals surface area contributed by atoms with Crippen LogP contribution in [0.3, 0.4) is 0 Å². The van der Waals surface area contributed by atoms with Crippen LogP contribution in [0, 0.1) is 12.8 Å². The molecule has 2 heterocycles. The van der Waals surface area contributed by atoms with Crippen LogP contribution in [0.4, 0.5) is 5.82 Å². The number of nitrogens with zero attached hydrogens (tertiary/aromatic N) is 2. The average Bonchev–Trinajstić information content (AvgIpc) is 2.56. The Kier molecular flexibility index (Phi) is 3.10. The summed E-state index contributed by atoms with van der Waals surface area (Å²) in [4.78, 5) is 11.5. The van der Waals surface area contributed by atoms with Gasteiger partial charge in [0, 0.05) is 18.3 Å². The van der Waals surface area contributed by atoms with Gasteiger partial charge in [-0.3, -0.25) is 0 Å². The van der Waals surface area contributed by atoms with Gasteiger partial charge in [-0.15, -0.1) is 11.3 Å². The molecule has 2 aromatic heterocycles. The van der Waals surface area contributed by atoms with Gasteiger partial charge in [-0.05, 0) is 18.9 Å². The SMILES string of the molecule is CNc1nc(CC(C)C)nc2sc(C)cc12. The van der Waals surface area contributed by atoms with Crippen LogP contribution in [0.25, 0.3) is 10.2 Å². The summed E-state index contributed by atoms with van der Waals surface area (Å²) in [6, 6.07) is 2.14. The number of aromatic nitrogens is 2. The molecule has 0 aliphatic rings. The summed E-state index contributed by atoms with van der Waals surface area (Å²) in [5.41, 5.74) is 0. The van der Waals surface area contributed by atoms with Gasteiger partial charge in [0.05, 0.1) is 5.39 Å². The minimum atomic E-state index is 0.586. The molecular weight excluding hydrogens is 218 g/mol. The number of aryl methyl sites for hydroxylation is 1. The number of hydrogen-bond donors (Lipinski definition) is 1. The van der Waals surface area contributed by atoms with Crippen molar-refractivity contribution in [1.29, 1.82) is 0 Å². The number of anilines is 1. The maximum Gasteiger partial charge on any atom is 0.138 e. The molecule has 1 N–H and O–H groups in total. The minimum absolute atomic E-state index is 0.586. The maximum absolute atomic E-state index is 4.61. The van der Waals surface area contributed by atoms with Crippen LogP contribution in [-0.4, -0.2) is 17.0 Å². The normalized spacial score (nSPS) is 11.3. The summed E-state index contributed by atoms with van der Waals surface area (Å²) in [5.74, 6) is 2.47. The molecule has 0 atom stereocenters. The van der Waals surface area contributed by atoms with E-state index in [9.17, 15) is 0 Å². The van der Waals surface area contributed by atoms with Gasteiger partial charge in [-0.2, -0.15) is 0 Å². The van der Waals surface area contributed by atoms with Crippen molar-refractivity contribution in [2.75, 3.05) is 12.4 Å². The molecule has 86 valence electrons. The quantitative estimate of drug-likeness (QED) is 0.887. The molecule has 0 saturated heterocycles. The molecule has 0 aromatic carbocycles. The highest BCUT2D eigenvalue weighted by Crippen LogP contribution is 2.28. The molecule has 0 aliphatic carbocycles. The highest BCUT2D eigenvalue weighted by Gasteiger charge is 2.10. The Morgan fingerprint density at radius 2 is 2.12 bits per heavy atom. The van der Waals surface area contributed by atoms with Crippen molar-refractivity contribution in [3.8, 4) is 0 Å². The van der Waals surface area contributed by atoms with E-state index in [1.54, 1.807) is 11.3 Å². The zero-order valence-electron chi connectivity index (χ0n) is 10.2. The molecule has 0 bridgehead atoms. The second-order valence-electron chi connectivity index (χ2n) is 4.41. The summed E-state index contributed by atoms with van der Waals surface area (Å²) in [7, 11) is 1.91. The lowest BCUT2D eigenvalue weighted by atomic mass is 10.1. The molecule has 2 rings (SSSR count). The predicted molar refractivity (Wildman–Crippen MR) is 70.2 cm³/mol. The highest BCUT2D eigenvalue weighted by molar-refractivity contribution is 7.18. The number of fused-ring (bicyclic) bond motifs is 1. The first kappa shape index (κ1) is 11.3. The molecule has 0 radical (unpaired) electrons. The third kappa shape index (κ3) is 2.16. The van der Waals surface area contributed by atoms with Crippen LogP contribution in [0.1, 0.15) is 24.5 Å². The number of rotatable bonds is 3. The van der Waals surface area contributed by atoms with Crippen LogP contribution < -0.4 is 5.32 Å². The lowest BCUT2D eigenvalue weighted by Gasteiger charge is -2.06. The van der Waals surface area contributed by atoms with Crippen molar-refractivity contribution >= 4 is 27.4 Å². The first-order chi connectivity index (χ1) is 7.60. The van der Waals surface area contributed by atoms with Crippen molar-refractivity contribution in [1.82, 2.24) is 9.97 Å². The second kappa shape index (κ2) is 4.37. The van der Waals surface area contributed by atoms with Crippen molar-refractivity contribution in [2.24, 2.45) is 5.92 Å². The van der Waals surface area contributed by atoms with Gasteiger partial charge >= 0.3 is 0 Å². The van der Waals surface area contributed by atoms with Gasteiger partial charge < -0.3 is 5.32 Å². The van der Waals surface area contributed by atoms with Gasteiger partial charge in [0.15, 0.2) is 0 Å². The third-order valence-corrected chi connectivity index (χ3v) is 3.33. The highest BCUT2D eigenvalue weighted by atomic mass is 32.1. The van der Waals surface area contributed by atoms with Crippen molar-refractivity contribution < 1.29 is 0 Å². The summed E-state index contributed by atoms with van der Waals surface area (Å²) < 4.78 is 0. The smallest absolute Gasteiger partial charge is 0.138 e. The third-order valence-electron chi connectivity index (χ3n) is 2.39. The van der Waals surface area contributed by atoms with Gasteiger partial charge in [-0.1, -0.05) is 13.8 Å². The molecular formula is C12H17N3S. The van der Waals surface area contributed by atoms with Crippen LogP contribution in [-0.2, 0) is 6.42 Å². The van der Waals surface area contributed by atoms with Crippen LogP contribution in [0.5, 0.6) is 0 Å². The Hall–Kier alpha value is -1.16. The van der Waals surface area contributed by atoms with E-state index in [2.05, 4.69) is 42.1 Å². The maximum atomic E-state index is 4.61. The monoisotopic (exact) mass is 235 g/mol. The largest absolute Gasteiger partial charge is 0.372 e. The number of thiophene rings is 1. The lowest BCUT2D eigenvalue weighted by Crippen LogP contribution is -2.03. The molecule has 0 unspecified atom stereocenters. The zero-order chi connectivity index (χ0) is 11.7. The van der Waals surface area contributed by atoms with Crippen LogP contribution in [0.2, 0.25) is 0 Å². The standard InChI is InChI=1S/C12H17N3S/c1-7(2)5-10-14-11(13-4)9-6-8(3)16-12(9)15-10/h6-7H,5H2,1-4H3,(H,13,14,15). The summed E-state index contributed by atoms with van der Waals surface area (Å²) in [6.45, 7) is 6.48. The number of hydrogen-bond acceptors (Lipinski definition) is 4. The van der Waals surface area contributed by atoms with E-state index in [1.165, 1.54) is 4.88 Å². The molecule has 16 heavy (non-hydrogen) atoms. The number of nitrogens with one attached hydrogen (secondary N) is 1. The van der Waals surface area contributed by atoms with Gasteiger partial charge in [0.2, 0.25) is 0 Å². The molecule has 0 saturated carbocycles. The molecule has 4 heteroatoms. The van der Waals surface area contributed by atoms with E-state index in [0.717, 1.165) is 28.3 Å². The Labute approximate surface area is 99.9 Å². The molecule has 0 fully saturated rings. The first-order valence-electron chi connectivity index (χ1n) is 5.55. The van der Waals surface area contributed by atoms with Crippen molar-refractivity contribution in [3.05, 3.63) is 16.8 Å². The summed E-state index contributed by atoms with van der Waals surface area (Å²) in [6.07, 6.45) is 0.932. The fourth-order valence-corrected chi connectivity index (χ4v) is 2.63. The van der Waals surface area contributed by atoms with Crippen molar-refractivity contribution in [3.63, 3.8) is 0 Å². The molecule has 0 amide bonds. The van der Waals surface area contributed by atoms with Crippen molar-refractivity contribution in [2.45, 2.75) is 27.2 Å². The van der Waals surface area contributed by atoms with Gasteiger partial charge in [-0.25, -0.2) is 9.97 Å². The minimum Gasteiger partial charge on any atom is -0.372 e. The Morgan fingerprint density at radius 1 is 1.38 bits per heavy atom. The van der Waals surface area contributed by atoms with E-state index in [0.29, 0.717) is 5.92 Å².